The zero-order valence-corrected chi connectivity index (χ0v) is 10.1. The molecule has 0 atom stereocenters. The largest absolute Gasteiger partial charge is 0.573 e. The molecule has 0 saturated carbocycles. The second-order valence-corrected chi connectivity index (χ2v) is 3.54. The minimum Gasteiger partial charge on any atom is -0.465 e. The van der Waals surface area contributed by atoms with E-state index < -0.39 is 40.9 Å². The normalized spacial score (nSPS) is 11.7. The van der Waals surface area contributed by atoms with Gasteiger partial charge in [0.05, 0.1) is 23.8 Å². The highest BCUT2D eigenvalue weighted by molar-refractivity contribution is 5.92. The number of rotatable bonds is 2. The van der Waals surface area contributed by atoms with Gasteiger partial charge in [0.15, 0.2) is 0 Å². The number of esters is 1. The maximum atomic E-state index is 12.7. The van der Waals surface area contributed by atoms with Crippen molar-refractivity contribution >= 4 is 5.97 Å². The van der Waals surface area contributed by atoms with Gasteiger partial charge in [-0.25, -0.2) is 4.79 Å². The number of alkyl halides is 6. The molecule has 0 saturated heterocycles. The summed E-state index contributed by atoms with van der Waals surface area (Å²) in [6, 6.07) is 1.56. The molecular weight excluding hydrogens is 308 g/mol. The average molecular weight is 313 g/mol. The zero-order chi connectivity index (χ0) is 16.4. The molecule has 21 heavy (non-hydrogen) atoms. The van der Waals surface area contributed by atoms with Gasteiger partial charge in [0.2, 0.25) is 0 Å². The van der Waals surface area contributed by atoms with Crippen molar-refractivity contribution in [2.24, 2.45) is 0 Å². The van der Waals surface area contributed by atoms with Crippen LogP contribution in [0.15, 0.2) is 12.1 Å². The van der Waals surface area contributed by atoms with E-state index in [0.717, 1.165) is 7.11 Å². The van der Waals surface area contributed by atoms with Gasteiger partial charge in [-0.2, -0.15) is 18.4 Å². The fourth-order valence-corrected chi connectivity index (χ4v) is 1.38. The Bertz CT molecular complexity index is 600. The predicted molar refractivity (Wildman–Crippen MR) is 54.2 cm³/mol. The van der Waals surface area contributed by atoms with Crippen LogP contribution in [0.3, 0.4) is 0 Å². The van der Waals surface area contributed by atoms with Crippen molar-refractivity contribution < 1.29 is 40.6 Å². The molecule has 0 unspecified atom stereocenters. The van der Waals surface area contributed by atoms with Gasteiger partial charge >= 0.3 is 18.5 Å². The van der Waals surface area contributed by atoms with E-state index in [4.69, 9.17) is 5.26 Å². The van der Waals surface area contributed by atoms with Crippen LogP contribution in [0, 0.1) is 11.3 Å². The Morgan fingerprint density at radius 3 is 2.14 bits per heavy atom. The number of halogens is 6. The third kappa shape index (κ3) is 4.01. The van der Waals surface area contributed by atoms with E-state index in [1.165, 1.54) is 6.07 Å². The monoisotopic (exact) mass is 313 g/mol. The summed E-state index contributed by atoms with van der Waals surface area (Å²) in [5, 5.41) is 8.70. The van der Waals surface area contributed by atoms with Gasteiger partial charge in [-0.05, 0) is 12.1 Å². The summed E-state index contributed by atoms with van der Waals surface area (Å²) >= 11 is 0. The molecule has 0 radical (unpaired) electrons. The first-order chi connectivity index (χ1) is 9.49. The van der Waals surface area contributed by atoms with Crippen molar-refractivity contribution in [1.82, 2.24) is 0 Å². The van der Waals surface area contributed by atoms with Crippen LogP contribution in [-0.2, 0) is 10.9 Å². The van der Waals surface area contributed by atoms with Crippen LogP contribution in [0.2, 0.25) is 0 Å². The van der Waals surface area contributed by atoms with Gasteiger partial charge in [-0.3, -0.25) is 0 Å². The minimum atomic E-state index is -5.39. The molecule has 0 aliphatic carbocycles. The van der Waals surface area contributed by atoms with E-state index in [0.29, 0.717) is 0 Å². The van der Waals surface area contributed by atoms with E-state index in [-0.39, 0.29) is 12.1 Å². The highest BCUT2D eigenvalue weighted by Gasteiger charge is 2.40. The molecule has 0 amide bonds. The van der Waals surface area contributed by atoms with Crippen LogP contribution in [0.4, 0.5) is 26.3 Å². The van der Waals surface area contributed by atoms with Gasteiger partial charge < -0.3 is 9.47 Å². The second kappa shape index (κ2) is 5.51. The summed E-state index contributed by atoms with van der Waals surface area (Å²) in [5.41, 5.74) is -3.41. The first-order valence-corrected chi connectivity index (χ1v) is 4.99. The Morgan fingerprint density at radius 2 is 1.76 bits per heavy atom. The summed E-state index contributed by atoms with van der Waals surface area (Å²) in [4.78, 5) is 11.3. The molecule has 0 fully saturated rings. The maximum absolute atomic E-state index is 12.7. The number of benzene rings is 1. The van der Waals surface area contributed by atoms with Gasteiger partial charge in [0, 0.05) is 0 Å². The van der Waals surface area contributed by atoms with E-state index >= 15 is 0 Å². The predicted octanol–water partition coefficient (Wildman–Crippen LogP) is 3.26. The Morgan fingerprint density at radius 1 is 1.19 bits per heavy atom. The fourth-order valence-electron chi connectivity index (χ4n) is 1.38. The van der Waals surface area contributed by atoms with Crippen LogP contribution in [-0.4, -0.2) is 19.4 Å². The quantitative estimate of drug-likeness (QED) is 0.621. The summed E-state index contributed by atoms with van der Waals surface area (Å²) in [6.45, 7) is 0. The lowest BCUT2D eigenvalue weighted by Gasteiger charge is -2.16. The van der Waals surface area contributed by atoms with Crippen molar-refractivity contribution in [2.75, 3.05) is 7.11 Å². The lowest BCUT2D eigenvalue weighted by atomic mass is 10.0. The smallest absolute Gasteiger partial charge is 0.465 e. The van der Waals surface area contributed by atoms with Gasteiger partial charge in [-0.15, -0.1) is 13.2 Å². The molecule has 0 bridgehead atoms. The van der Waals surface area contributed by atoms with Crippen molar-refractivity contribution in [3.63, 3.8) is 0 Å². The van der Waals surface area contributed by atoms with Gasteiger partial charge in [-0.1, -0.05) is 0 Å². The van der Waals surface area contributed by atoms with Crippen LogP contribution in [0.5, 0.6) is 5.75 Å². The molecule has 1 aromatic carbocycles. The Hall–Kier alpha value is -2.44. The molecular formula is C11H5F6NO3. The molecule has 1 aromatic rings. The number of hydrogen-bond acceptors (Lipinski definition) is 4. The Balaban J connectivity index is 3.58. The molecule has 0 aliphatic rings. The van der Waals surface area contributed by atoms with E-state index in [1.807, 2.05) is 0 Å². The van der Waals surface area contributed by atoms with Crippen LogP contribution < -0.4 is 4.74 Å². The number of methoxy groups -OCH3 is 1. The zero-order valence-electron chi connectivity index (χ0n) is 10.1. The molecule has 4 nitrogen and oxygen atoms in total. The molecule has 0 N–H and O–H groups in total. The van der Waals surface area contributed by atoms with Crippen molar-refractivity contribution in [3.05, 3.63) is 28.8 Å². The van der Waals surface area contributed by atoms with Crippen molar-refractivity contribution in [1.29, 1.82) is 5.26 Å². The fraction of sp³-hybridized carbons (Fsp3) is 0.273. The van der Waals surface area contributed by atoms with E-state index in [1.54, 1.807) is 0 Å². The number of nitrogens with zero attached hydrogens (tertiary/aromatic N) is 1. The molecule has 0 aliphatic heterocycles. The van der Waals surface area contributed by atoms with Crippen molar-refractivity contribution in [3.8, 4) is 11.8 Å². The number of carbonyl (C=O) groups excluding carboxylic acids is 1. The summed E-state index contributed by atoms with van der Waals surface area (Å²) < 4.78 is 81.9. The number of nitriles is 1. The highest BCUT2D eigenvalue weighted by Crippen LogP contribution is 2.40. The number of carbonyl (C=O) groups is 1. The standard InChI is InChI=1S/C11H5F6NO3/c1-20-9(19)6-3-7(10(12,13)14)8(2-5(6)4-18)21-11(15,16)17/h2-3H,1H3. The second-order valence-electron chi connectivity index (χ2n) is 3.54. The first kappa shape index (κ1) is 16.6. The lowest BCUT2D eigenvalue weighted by molar-refractivity contribution is -0.276. The van der Waals surface area contributed by atoms with Gasteiger partial charge in [0.25, 0.3) is 0 Å². The molecule has 0 aromatic heterocycles. The maximum Gasteiger partial charge on any atom is 0.573 e. The third-order valence-corrected chi connectivity index (χ3v) is 2.18. The third-order valence-electron chi connectivity index (χ3n) is 2.18. The van der Waals surface area contributed by atoms with Gasteiger partial charge in [0.1, 0.15) is 11.8 Å². The molecule has 0 spiro atoms. The number of ether oxygens (including phenoxy) is 2. The van der Waals surface area contributed by atoms with Crippen LogP contribution >= 0.6 is 0 Å². The van der Waals surface area contributed by atoms with Crippen LogP contribution in [0.25, 0.3) is 0 Å². The molecule has 10 heteroatoms. The summed E-state index contributed by atoms with van der Waals surface area (Å²) in [7, 11) is 0.844. The summed E-state index contributed by atoms with van der Waals surface area (Å²) in [5.74, 6) is -2.92. The van der Waals surface area contributed by atoms with Crippen LogP contribution in [0.1, 0.15) is 21.5 Å². The molecule has 1 rings (SSSR count). The Labute approximate surface area is 113 Å². The average Bonchev–Trinajstić information content (AvgIpc) is 2.34. The molecule has 0 heterocycles. The minimum absolute atomic E-state index is 0.0749. The van der Waals surface area contributed by atoms with Crippen molar-refractivity contribution in [2.45, 2.75) is 12.5 Å². The molecule has 114 valence electrons. The van der Waals surface area contributed by atoms with E-state index in [9.17, 15) is 31.1 Å². The first-order valence-electron chi connectivity index (χ1n) is 4.99. The van der Waals surface area contributed by atoms with E-state index in [2.05, 4.69) is 9.47 Å². The Kier molecular flexibility index (Phi) is 4.36. The summed E-state index contributed by atoms with van der Waals surface area (Å²) in [6.07, 6.45) is -10.6. The topological polar surface area (TPSA) is 59.3 Å². The number of hydrogen-bond donors (Lipinski definition) is 0. The highest BCUT2D eigenvalue weighted by atomic mass is 19.4. The lowest BCUT2D eigenvalue weighted by Crippen LogP contribution is -2.21. The SMILES string of the molecule is COC(=O)c1cc(C(F)(F)F)c(OC(F)(F)F)cc1C#N.